The zero-order valence-electron chi connectivity index (χ0n) is 24.6. The molecule has 1 aliphatic rings. The van der Waals surface area contributed by atoms with Crippen molar-refractivity contribution in [1.82, 2.24) is 15.1 Å². The fourth-order valence-electron chi connectivity index (χ4n) is 5.79. The van der Waals surface area contributed by atoms with Gasteiger partial charge in [0.2, 0.25) is 11.8 Å². The third-order valence-electron chi connectivity index (χ3n) is 8.27. The summed E-state index contributed by atoms with van der Waals surface area (Å²) in [5.74, 6) is -3.01. The lowest BCUT2D eigenvalue weighted by molar-refractivity contribution is -0.133. The second-order valence-electron chi connectivity index (χ2n) is 11.6. The van der Waals surface area contributed by atoms with Gasteiger partial charge in [0.25, 0.3) is 5.91 Å². The summed E-state index contributed by atoms with van der Waals surface area (Å²) >= 11 is 0. The topological polar surface area (TPSA) is 162 Å². The fraction of sp³-hybridized carbons (Fsp3) is 0.406. The van der Waals surface area contributed by atoms with Crippen LogP contribution in [-0.2, 0) is 31.9 Å². The molecule has 1 unspecified atom stereocenters. The number of nitrogens with zero attached hydrogens (tertiary/aromatic N) is 2. The molecule has 6 N–H and O–H groups in total. The van der Waals surface area contributed by atoms with Crippen molar-refractivity contribution in [3.8, 4) is 0 Å². The minimum absolute atomic E-state index is 0.0544. The van der Waals surface area contributed by atoms with Gasteiger partial charge in [-0.05, 0) is 49.8 Å². The third-order valence-corrected chi connectivity index (χ3v) is 8.27. The number of nitrogens with one attached hydrogen (secondary N) is 2. The molecule has 0 spiro atoms. The van der Waals surface area contributed by atoms with E-state index in [9.17, 15) is 19.2 Å². The molecule has 3 atom stereocenters. The summed E-state index contributed by atoms with van der Waals surface area (Å²) < 4.78 is 1.81. The highest BCUT2D eigenvalue weighted by Crippen LogP contribution is 2.40. The van der Waals surface area contributed by atoms with E-state index < -0.39 is 40.5 Å². The Bertz CT molecular complexity index is 1460. The minimum Gasteiger partial charge on any atom is -0.370 e. The number of fused-ring (bicyclic) bond motifs is 1. The van der Waals surface area contributed by atoms with Crippen LogP contribution in [0.4, 0.5) is 5.82 Å². The maximum absolute atomic E-state index is 14.1. The van der Waals surface area contributed by atoms with Gasteiger partial charge in [0.05, 0.1) is 23.7 Å². The molecule has 3 amide bonds. The molecule has 42 heavy (non-hydrogen) atoms. The number of anilines is 1. The molecule has 0 fully saturated rings. The minimum atomic E-state index is -1.49. The van der Waals surface area contributed by atoms with E-state index in [1.165, 1.54) is 6.20 Å². The maximum Gasteiger partial charge on any atom is 0.257 e. The van der Waals surface area contributed by atoms with E-state index in [-0.39, 0.29) is 25.3 Å². The predicted octanol–water partition coefficient (Wildman–Crippen LogP) is 3.71. The van der Waals surface area contributed by atoms with Crippen molar-refractivity contribution in [2.45, 2.75) is 76.9 Å². The Hall–Kier alpha value is -4.47. The summed E-state index contributed by atoms with van der Waals surface area (Å²) in [4.78, 5) is 51.9. The summed E-state index contributed by atoms with van der Waals surface area (Å²) in [6, 6.07) is 17.4. The summed E-state index contributed by atoms with van der Waals surface area (Å²) in [5.41, 5.74) is 12.0. The zero-order valence-corrected chi connectivity index (χ0v) is 24.6. The number of carbonyl (C=O) groups is 4. The molecule has 0 saturated heterocycles. The molecule has 1 aliphatic heterocycles. The lowest BCUT2D eigenvalue weighted by Gasteiger charge is -2.38. The monoisotopic (exact) mass is 572 g/mol. The average Bonchev–Trinajstić information content (AvgIpc) is 3.41. The van der Waals surface area contributed by atoms with E-state index >= 15 is 0 Å². The standard InChI is InChI=1S/C32H40N6O4/c1-5-20-12-14-23(15-13-20)32(6-2,26(39)16-22(28(34)41)17-27(33)40)37-30(42)24-19-35-38-29(24)36-25(18-31(38,3)4)21-10-8-7-9-11-21/h7-15,19,22,25,36H,5-6,16-18H2,1-4H3,(H2,33,40)(H2,34,41)(H,37,42)/t22-,25+,32?/m0/s1. The Morgan fingerprint density at radius 1 is 1.05 bits per heavy atom. The van der Waals surface area contributed by atoms with Crippen LogP contribution < -0.4 is 22.1 Å². The van der Waals surface area contributed by atoms with E-state index in [2.05, 4.69) is 29.6 Å². The first-order valence-corrected chi connectivity index (χ1v) is 14.3. The first-order valence-electron chi connectivity index (χ1n) is 14.3. The number of primary amides is 2. The lowest BCUT2D eigenvalue weighted by atomic mass is 9.78. The van der Waals surface area contributed by atoms with Gasteiger partial charge in [-0.25, -0.2) is 4.68 Å². The number of benzene rings is 2. The number of carbonyl (C=O) groups excluding carboxylic acids is 4. The molecule has 10 heteroatoms. The smallest absolute Gasteiger partial charge is 0.257 e. The van der Waals surface area contributed by atoms with Gasteiger partial charge in [-0.3, -0.25) is 19.2 Å². The maximum atomic E-state index is 14.1. The first-order chi connectivity index (χ1) is 19.9. The van der Waals surface area contributed by atoms with Gasteiger partial charge in [-0.15, -0.1) is 0 Å². The Morgan fingerprint density at radius 3 is 2.29 bits per heavy atom. The van der Waals surface area contributed by atoms with E-state index in [1.807, 2.05) is 66.2 Å². The molecular weight excluding hydrogens is 532 g/mol. The number of hydrogen-bond donors (Lipinski definition) is 4. The Kier molecular flexibility index (Phi) is 8.84. The second kappa shape index (κ2) is 12.2. The molecule has 0 aliphatic carbocycles. The average molecular weight is 573 g/mol. The first kappa shape index (κ1) is 30.5. The van der Waals surface area contributed by atoms with Crippen molar-refractivity contribution in [3.63, 3.8) is 0 Å². The van der Waals surface area contributed by atoms with Gasteiger partial charge < -0.3 is 22.1 Å². The van der Waals surface area contributed by atoms with Crippen molar-refractivity contribution >= 4 is 29.3 Å². The normalized spacial score (nSPS) is 17.7. The Morgan fingerprint density at radius 2 is 1.71 bits per heavy atom. The van der Waals surface area contributed by atoms with Crippen LogP contribution in [0.3, 0.4) is 0 Å². The molecule has 1 aromatic heterocycles. The van der Waals surface area contributed by atoms with E-state index in [4.69, 9.17) is 11.5 Å². The molecule has 10 nitrogen and oxygen atoms in total. The van der Waals surface area contributed by atoms with Crippen LogP contribution in [0, 0.1) is 5.92 Å². The van der Waals surface area contributed by atoms with E-state index in [0.717, 1.165) is 24.0 Å². The third kappa shape index (κ3) is 6.07. The number of ketones is 1. The van der Waals surface area contributed by atoms with E-state index in [1.54, 1.807) is 6.92 Å². The van der Waals surface area contributed by atoms with Gasteiger partial charge in [0, 0.05) is 12.8 Å². The summed E-state index contributed by atoms with van der Waals surface area (Å²) in [6.07, 6.45) is 2.55. The molecule has 2 heterocycles. The van der Waals surface area contributed by atoms with Crippen molar-refractivity contribution < 1.29 is 19.2 Å². The lowest BCUT2D eigenvalue weighted by Crippen LogP contribution is -2.52. The molecule has 0 saturated carbocycles. The van der Waals surface area contributed by atoms with Gasteiger partial charge in [0.1, 0.15) is 16.9 Å². The van der Waals surface area contributed by atoms with Crippen LogP contribution in [0.25, 0.3) is 0 Å². The summed E-state index contributed by atoms with van der Waals surface area (Å²) in [5, 5.41) is 11.1. The van der Waals surface area contributed by atoms with Crippen LogP contribution in [0.5, 0.6) is 0 Å². The van der Waals surface area contributed by atoms with Gasteiger partial charge in [-0.2, -0.15) is 5.10 Å². The van der Waals surface area contributed by atoms with Gasteiger partial charge in [0.15, 0.2) is 5.78 Å². The SMILES string of the molecule is CCc1ccc(C(CC)(NC(=O)c2cnn3c2N[C@@H](c2ccccc2)CC3(C)C)C(=O)C[C@@H](CC(N)=O)C(N)=O)cc1. The number of Topliss-reactive ketones (excluding diaryl/α,β-unsaturated/α-hetero) is 1. The molecule has 0 radical (unpaired) electrons. The number of aromatic nitrogens is 2. The molecule has 3 aromatic rings. The number of aryl methyl sites for hydroxylation is 1. The van der Waals surface area contributed by atoms with Crippen molar-refractivity contribution in [3.05, 3.63) is 83.0 Å². The van der Waals surface area contributed by atoms with Gasteiger partial charge >= 0.3 is 0 Å². The second-order valence-corrected chi connectivity index (χ2v) is 11.6. The van der Waals surface area contributed by atoms with Crippen LogP contribution in [-0.4, -0.2) is 33.3 Å². The fourth-order valence-corrected chi connectivity index (χ4v) is 5.79. The highest BCUT2D eigenvalue weighted by Gasteiger charge is 2.43. The number of amides is 3. The quantitative estimate of drug-likeness (QED) is 0.259. The predicted molar refractivity (Wildman–Crippen MR) is 160 cm³/mol. The largest absolute Gasteiger partial charge is 0.370 e. The molecule has 4 rings (SSSR count). The Labute approximate surface area is 246 Å². The van der Waals surface area contributed by atoms with Crippen LogP contribution >= 0.6 is 0 Å². The number of nitrogens with two attached hydrogens (primary N) is 2. The van der Waals surface area contributed by atoms with Crippen LogP contribution in [0.2, 0.25) is 0 Å². The zero-order chi connectivity index (χ0) is 30.7. The number of hydrogen-bond acceptors (Lipinski definition) is 6. The van der Waals surface area contributed by atoms with Crippen LogP contribution in [0.15, 0.2) is 60.8 Å². The molecular formula is C32H40N6O4. The number of rotatable bonds is 12. The van der Waals surface area contributed by atoms with Crippen molar-refractivity contribution in [2.24, 2.45) is 17.4 Å². The highest BCUT2D eigenvalue weighted by atomic mass is 16.2. The molecule has 0 bridgehead atoms. The molecule has 222 valence electrons. The summed E-state index contributed by atoms with van der Waals surface area (Å²) in [7, 11) is 0. The Balaban J connectivity index is 1.74. The summed E-state index contributed by atoms with van der Waals surface area (Å²) in [6.45, 7) is 7.95. The van der Waals surface area contributed by atoms with Gasteiger partial charge in [-0.1, -0.05) is 68.4 Å². The molecule has 2 aromatic carbocycles. The van der Waals surface area contributed by atoms with Crippen LogP contribution in [0.1, 0.15) is 86.5 Å². The van der Waals surface area contributed by atoms with Crippen molar-refractivity contribution in [2.75, 3.05) is 5.32 Å². The van der Waals surface area contributed by atoms with E-state index in [0.29, 0.717) is 16.9 Å². The van der Waals surface area contributed by atoms with Crippen molar-refractivity contribution in [1.29, 1.82) is 0 Å². The highest BCUT2D eigenvalue weighted by molar-refractivity contribution is 6.04.